The molecule has 1 atom stereocenters. The molecule has 0 spiro atoms. The zero-order valence-corrected chi connectivity index (χ0v) is 8.63. The van der Waals surface area contributed by atoms with Crippen molar-refractivity contribution in [3.8, 4) is 0 Å². The van der Waals surface area contributed by atoms with Crippen LogP contribution in [0.25, 0.3) is 0 Å². The van der Waals surface area contributed by atoms with E-state index in [9.17, 15) is 4.79 Å². The van der Waals surface area contributed by atoms with Crippen molar-refractivity contribution in [2.45, 2.75) is 32.2 Å². The Labute approximate surface area is 84.3 Å². The van der Waals surface area contributed by atoms with Crippen LogP contribution in [0.4, 0.5) is 0 Å². The highest BCUT2D eigenvalue weighted by atomic mass is 16.2. The van der Waals surface area contributed by atoms with Crippen molar-refractivity contribution in [1.82, 2.24) is 5.32 Å². The van der Waals surface area contributed by atoms with Gasteiger partial charge < -0.3 is 5.32 Å². The van der Waals surface area contributed by atoms with E-state index in [1.54, 1.807) is 0 Å². The van der Waals surface area contributed by atoms with Gasteiger partial charge in [0.05, 0.1) is 5.54 Å². The highest BCUT2D eigenvalue weighted by molar-refractivity contribution is 5.79. The van der Waals surface area contributed by atoms with Crippen LogP contribution in [0.3, 0.4) is 0 Å². The number of amides is 1. The van der Waals surface area contributed by atoms with Crippen LogP contribution >= 0.6 is 0 Å². The number of hydrogen-bond acceptors (Lipinski definition) is 1. The van der Waals surface area contributed by atoms with Crippen LogP contribution in [0.15, 0.2) is 24.3 Å². The van der Waals surface area contributed by atoms with Gasteiger partial charge in [-0.05, 0) is 25.8 Å². The lowest BCUT2D eigenvalue weighted by Gasteiger charge is -2.24. The van der Waals surface area contributed by atoms with E-state index < -0.39 is 0 Å². The van der Waals surface area contributed by atoms with Crippen LogP contribution in [-0.4, -0.2) is 5.91 Å². The molecule has 1 heterocycles. The van der Waals surface area contributed by atoms with E-state index in [-0.39, 0.29) is 11.4 Å². The normalized spacial score (nSPS) is 26.3. The molecule has 2 nitrogen and oxygen atoms in total. The predicted octanol–water partition coefficient (Wildman–Crippen LogP) is 2.12. The molecule has 2 rings (SSSR count). The Kier molecular flexibility index (Phi) is 2.06. The molecule has 2 heteroatoms. The van der Waals surface area contributed by atoms with Gasteiger partial charge in [-0.2, -0.15) is 0 Å². The third-order valence-electron chi connectivity index (χ3n) is 2.92. The summed E-state index contributed by atoms with van der Waals surface area (Å²) in [6, 6.07) is 8.34. The maximum absolute atomic E-state index is 11.2. The molecule has 0 aromatic heterocycles. The summed E-state index contributed by atoms with van der Waals surface area (Å²) >= 11 is 0. The fraction of sp³-hybridized carbons (Fsp3) is 0.417. The lowest BCUT2D eigenvalue weighted by Crippen LogP contribution is -2.35. The summed E-state index contributed by atoms with van der Waals surface area (Å²) in [5.41, 5.74) is 2.30. The Morgan fingerprint density at radius 3 is 2.79 bits per heavy atom. The molecule has 74 valence electrons. The summed E-state index contributed by atoms with van der Waals surface area (Å²) in [6.45, 7) is 4.16. The first-order chi connectivity index (χ1) is 6.60. The number of carbonyl (C=O) groups excluding carboxylic acids is 1. The Morgan fingerprint density at radius 2 is 2.21 bits per heavy atom. The highest BCUT2D eigenvalue weighted by Gasteiger charge is 2.34. The second-order valence-electron chi connectivity index (χ2n) is 4.25. The monoisotopic (exact) mass is 189 g/mol. The molecular formula is C12H15NO. The average molecular weight is 189 g/mol. The fourth-order valence-electron chi connectivity index (χ4n) is 2.00. The van der Waals surface area contributed by atoms with Crippen molar-refractivity contribution >= 4 is 5.91 Å². The SMILES string of the molecule is Cc1cccc(C2(C)CCC(=O)N2)c1. The van der Waals surface area contributed by atoms with E-state index in [0.717, 1.165) is 6.42 Å². The van der Waals surface area contributed by atoms with Crippen LogP contribution in [0.5, 0.6) is 0 Å². The van der Waals surface area contributed by atoms with Crippen LogP contribution in [-0.2, 0) is 10.3 Å². The van der Waals surface area contributed by atoms with E-state index in [1.807, 2.05) is 6.07 Å². The second kappa shape index (κ2) is 3.12. The maximum Gasteiger partial charge on any atom is 0.220 e. The molecule has 0 aliphatic carbocycles. The summed E-state index contributed by atoms with van der Waals surface area (Å²) in [5, 5.41) is 3.03. The van der Waals surface area contributed by atoms with Gasteiger partial charge in [0.25, 0.3) is 0 Å². The highest BCUT2D eigenvalue weighted by Crippen LogP contribution is 2.30. The van der Waals surface area contributed by atoms with Gasteiger partial charge in [-0.15, -0.1) is 0 Å². The molecule has 1 fully saturated rings. The summed E-state index contributed by atoms with van der Waals surface area (Å²) in [6.07, 6.45) is 1.54. The van der Waals surface area contributed by atoms with E-state index >= 15 is 0 Å². The molecule has 1 N–H and O–H groups in total. The molecule has 0 radical (unpaired) electrons. The van der Waals surface area contributed by atoms with Crippen molar-refractivity contribution in [2.24, 2.45) is 0 Å². The van der Waals surface area contributed by atoms with Gasteiger partial charge in [-0.3, -0.25) is 4.79 Å². The Bertz CT molecular complexity index is 372. The van der Waals surface area contributed by atoms with Gasteiger partial charge in [0.15, 0.2) is 0 Å². The Morgan fingerprint density at radius 1 is 1.43 bits per heavy atom. The van der Waals surface area contributed by atoms with Gasteiger partial charge in [-0.25, -0.2) is 0 Å². The minimum absolute atomic E-state index is 0.150. The van der Waals surface area contributed by atoms with Gasteiger partial charge in [0.2, 0.25) is 5.91 Å². The average Bonchev–Trinajstić information content (AvgIpc) is 2.48. The van der Waals surface area contributed by atoms with Gasteiger partial charge in [0.1, 0.15) is 0 Å². The number of hydrogen-bond donors (Lipinski definition) is 1. The van der Waals surface area contributed by atoms with Crippen molar-refractivity contribution in [3.63, 3.8) is 0 Å². The molecule has 14 heavy (non-hydrogen) atoms. The minimum Gasteiger partial charge on any atom is -0.347 e. The number of benzene rings is 1. The third kappa shape index (κ3) is 1.52. The summed E-state index contributed by atoms with van der Waals surface area (Å²) in [4.78, 5) is 11.2. The first kappa shape index (κ1) is 9.25. The van der Waals surface area contributed by atoms with Gasteiger partial charge >= 0.3 is 0 Å². The number of rotatable bonds is 1. The molecule has 1 unspecified atom stereocenters. The molecule has 1 aliphatic rings. The van der Waals surface area contributed by atoms with Crippen molar-refractivity contribution in [2.75, 3.05) is 0 Å². The second-order valence-corrected chi connectivity index (χ2v) is 4.25. The van der Waals surface area contributed by atoms with E-state index in [2.05, 4.69) is 37.4 Å². The molecule has 1 aliphatic heterocycles. The van der Waals surface area contributed by atoms with Crippen molar-refractivity contribution in [3.05, 3.63) is 35.4 Å². The molecule has 0 bridgehead atoms. The number of nitrogens with one attached hydrogen (secondary N) is 1. The van der Waals surface area contributed by atoms with E-state index in [4.69, 9.17) is 0 Å². The standard InChI is InChI=1S/C12H15NO/c1-9-4-3-5-10(8-9)12(2)7-6-11(14)13-12/h3-5,8H,6-7H2,1-2H3,(H,13,14). The van der Waals surface area contributed by atoms with E-state index in [0.29, 0.717) is 6.42 Å². The Balaban J connectivity index is 2.34. The molecule has 1 amide bonds. The van der Waals surface area contributed by atoms with E-state index in [1.165, 1.54) is 11.1 Å². The number of carbonyl (C=O) groups is 1. The topological polar surface area (TPSA) is 29.1 Å². The van der Waals surface area contributed by atoms with Crippen LogP contribution in [0.1, 0.15) is 30.9 Å². The molecule has 1 saturated heterocycles. The predicted molar refractivity (Wildman–Crippen MR) is 55.9 cm³/mol. The summed E-state index contributed by atoms with van der Waals surface area (Å²) < 4.78 is 0. The molecular weight excluding hydrogens is 174 g/mol. The van der Waals surface area contributed by atoms with Gasteiger partial charge in [0, 0.05) is 6.42 Å². The fourth-order valence-corrected chi connectivity index (χ4v) is 2.00. The van der Waals surface area contributed by atoms with Crippen molar-refractivity contribution < 1.29 is 4.79 Å². The first-order valence-electron chi connectivity index (χ1n) is 4.98. The first-order valence-corrected chi connectivity index (χ1v) is 4.98. The van der Waals surface area contributed by atoms with Crippen molar-refractivity contribution in [1.29, 1.82) is 0 Å². The zero-order valence-electron chi connectivity index (χ0n) is 8.63. The largest absolute Gasteiger partial charge is 0.347 e. The molecule has 1 aromatic rings. The quantitative estimate of drug-likeness (QED) is 0.720. The summed E-state index contributed by atoms with van der Waals surface area (Å²) in [5.74, 6) is 0.161. The zero-order chi connectivity index (χ0) is 10.2. The number of aryl methyl sites for hydroxylation is 1. The lowest BCUT2D eigenvalue weighted by atomic mass is 9.90. The van der Waals surface area contributed by atoms with Gasteiger partial charge in [-0.1, -0.05) is 29.8 Å². The Hall–Kier alpha value is -1.31. The minimum atomic E-state index is -0.150. The maximum atomic E-state index is 11.2. The third-order valence-corrected chi connectivity index (χ3v) is 2.92. The van der Waals surface area contributed by atoms with Crippen LogP contribution < -0.4 is 5.32 Å². The molecule has 1 aromatic carbocycles. The smallest absolute Gasteiger partial charge is 0.220 e. The van der Waals surface area contributed by atoms with Crippen LogP contribution in [0.2, 0.25) is 0 Å². The summed E-state index contributed by atoms with van der Waals surface area (Å²) in [7, 11) is 0. The lowest BCUT2D eigenvalue weighted by molar-refractivity contribution is -0.119. The molecule has 0 saturated carbocycles. The van der Waals surface area contributed by atoms with Crippen LogP contribution in [0, 0.1) is 6.92 Å².